The summed E-state index contributed by atoms with van der Waals surface area (Å²) in [6.07, 6.45) is 2.36. The second-order valence-corrected chi connectivity index (χ2v) is 8.61. The third-order valence-electron chi connectivity index (χ3n) is 5.32. The van der Waals surface area contributed by atoms with Gasteiger partial charge in [-0.2, -0.15) is 5.10 Å². The first kappa shape index (κ1) is 30.1. The molecule has 170 valence electrons. The Morgan fingerprint density at radius 3 is 2.46 bits per heavy atom. The number of unbranched alkanes of at least 4 members (excludes halogenated alkanes) is 1. The summed E-state index contributed by atoms with van der Waals surface area (Å²) in [4.78, 5) is 27.5. The van der Waals surface area contributed by atoms with Gasteiger partial charge in [-0.3, -0.25) is 0 Å². The Morgan fingerprint density at radius 1 is 1.09 bits per heavy atom. The standard InChI is InChI=1S/C23H20BrClN4O4.2Na/c1-2-3-8-18-26-21(25)19(23(32)33)28(18)12-13-9-10-16-15(11-13)20(24)29(27-16)17-7-5-4-6-14(17)22(30)31;;/h4-7,9-11H,2-3,8,12H2,1H3,(H,30,31)(H,32,33);;/q;2*+1/p-2. The van der Waals surface area contributed by atoms with Gasteiger partial charge in [0, 0.05) is 23.9 Å². The second kappa shape index (κ2) is 12.9. The number of carboxylic acid groups (broad SMARTS) is 2. The molecule has 0 spiro atoms. The number of carbonyl (C=O) groups is 2. The van der Waals surface area contributed by atoms with Crippen molar-refractivity contribution in [2.24, 2.45) is 0 Å². The molecule has 12 heteroatoms. The number of carboxylic acids is 2. The van der Waals surface area contributed by atoms with E-state index >= 15 is 0 Å². The molecule has 0 aliphatic heterocycles. The summed E-state index contributed by atoms with van der Waals surface area (Å²) < 4.78 is 3.62. The number of hydrogen-bond acceptors (Lipinski definition) is 6. The minimum Gasteiger partial charge on any atom is -0.545 e. The zero-order valence-corrected chi connectivity index (χ0v) is 25.9. The van der Waals surface area contributed by atoms with E-state index < -0.39 is 11.9 Å². The number of imidazole rings is 1. The molecule has 0 radical (unpaired) electrons. The van der Waals surface area contributed by atoms with Gasteiger partial charge in [-0.15, -0.1) is 0 Å². The average molecular weight is 576 g/mol. The molecule has 0 atom stereocenters. The van der Waals surface area contributed by atoms with E-state index in [1.54, 1.807) is 28.8 Å². The van der Waals surface area contributed by atoms with Gasteiger partial charge in [-0.1, -0.05) is 49.2 Å². The zero-order valence-electron chi connectivity index (χ0n) is 19.5. The van der Waals surface area contributed by atoms with Gasteiger partial charge in [0.25, 0.3) is 0 Å². The molecule has 0 bridgehead atoms. The predicted molar refractivity (Wildman–Crippen MR) is 122 cm³/mol. The molecule has 0 aliphatic rings. The molecular weight excluding hydrogens is 558 g/mol. The average Bonchev–Trinajstić information content (AvgIpc) is 3.28. The van der Waals surface area contributed by atoms with Crippen LogP contribution in [-0.4, -0.2) is 31.3 Å². The molecule has 2 aromatic heterocycles. The zero-order chi connectivity index (χ0) is 23.7. The fourth-order valence-corrected chi connectivity index (χ4v) is 4.60. The van der Waals surface area contributed by atoms with Crippen LogP contribution in [0.15, 0.2) is 47.1 Å². The number of aryl methyl sites for hydroxylation is 1. The largest absolute Gasteiger partial charge is 1.00 e. The fraction of sp³-hybridized carbons (Fsp3) is 0.217. The molecule has 2 aromatic carbocycles. The Labute approximate surface area is 259 Å². The van der Waals surface area contributed by atoms with Crippen molar-refractivity contribution in [3.8, 4) is 5.69 Å². The Hall–Kier alpha value is -1.17. The van der Waals surface area contributed by atoms with Crippen molar-refractivity contribution in [3.63, 3.8) is 0 Å². The summed E-state index contributed by atoms with van der Waals surface area (Å²) in [5, 5.41) is 28.4. The normalized spacial score (nSPS) is 10.6. The van der Waals surface area contributed by atoms with E-state index in [9.17, 15) is 19.8 Å². The first-order chi connectivity index (χ1) is 15.8. The SMILES string of the molecule is CCCCc1nc(Cl)c(C(=O)[O-])n1Cc1ccc2nn(-c3ccccc3C(=O)[O-])c(Br)c2c1.[Na+].[Na+]. The fourth-order valence-electron chi connectivity index (χ4n) is 3.73. The van der Waals surface area contributed by atoms with Crippen LogP contribution >= 0.6 is 27.5 Å². The minimum atomic E-state index is -1.38. The van der Waals surface area contributed by atoms with E-state index in [-0.39, 0.29) is 82.1 Å². The Kier molecular flexibility index (Phi) is 11.1. The van der Waals surface area contributed by atoms with Crippen molar-refractivity contribution in [1.82, 2.24) is 19.3 Å². The number of rotatable bonds is 8. The molecule has 0 N–H and O–H groups in total. The Balaban J connectivity index is 0.00000216. The number of aromatic nitrogens is 4. The number of nitrogens with zero attached hydrogens (tertiary/aromatic N) is 4. The van der Waals surface area contributed by atoms with Crippen molar-refractivity contribution >= 4 is 50.4 Å². The number of aromatic carboxylic acids is 2. The van der Waals surface area contributed by atoms with Gasteiger partial charge in [0.2, 0.25) is 0 Å². The number of fused-ring (bicyclic) bond motifs is 1. The van der Waals surface area contributed by atoms with Crippen molar-refractivity contribution in [3.05, 3.63) is 74.9 Å². The maximum atomic E-state index is 11.7. The summed E-state index contributed by atoms with van der Waals surface area (Å²) in [7, 11) is 0. The Morgan fingerprint density at radius 2 is 1.80 bits per heavy atom. The molecule has 2 heterocycles. The summed E-state index contributed by atoms with van der Waals surface area (Å²) in [6, 6.07) is 11.9. The Bertz CT molecular complexity index is 1390. The monoisotopic (exact) mass is 574 g/mol. The van der Waals surface area contributed by atoms with Crippen LogP contribution < -0.4 is 69.3 Å². The molecule has 0 saturated heterocycles. The van der Waals surface area contributed by atoms with Gasteiger partial charge in [0.1, 0.15) is 16.1 Å². The van der Waals surface area contributed by atoms with E-state index in [0.717, 1.165) is 23.8 Å². The molecule has 0 unspecified atom stereocenters. The molecular formula is C23H18BrClN4Na2O4. The number of hydrogen-bond donors (Lipinski definition) is 0. The summed E-state index contributed by atoms with van der Waals surface area (Å²) in [5.74, 6) is -2.10. The van der Waals surface area contributed by atoms with Gasteiger partial charge in [0.05, 0.1) is 23.1 Å². The summed E-state index contributed by atoms with van der Waals surface area (Å²) in [6.45, 7) is 2.27. The van der Waals surface area contributed by atoms with E-state index in [4.69, 9.17) is 11.6 Å². The molecule has 0 amide bonds. The minimum absolute atomic E-state index is 0. The number of halogens is 2. The topological polar surface area (TPSA) is 116 Å². The van der Waals surface area contributed by atoms with Crippen LogP contribution in [0.1, 0.15) is 52.0 Å². The van der Waals surface area contributed by atoms with Crippen LogP contribution in [-0.2, 0) is 13.0 Å². The van der Waals surface area contributed by atoms with Crippen molar-refractivity contribution in [1.29, 1.82) is 0 Å². The van der Waals surface area contributed by atoms with Crippen LogP contribution in [0.25, 0.3) is 16.6 Å². The van der Waals surface area contributed by atoms with Gasteiger partial charge in [-0.25, -0.2) is 9.67 Å². The van der Waals surface area contributed by atoms with Crippen LogP contribution in [0.3, 0.4) is 0 Å². The molecule has 8 nitrogen and oxygen atoms in total. The predicted octanol–water partition coefficient (Wildman–Crippen LogP) is -3.24. The van der Waals surface area contributed by atoms with Crippen molar-refractivity contribution in [2.45, 2.75) is 32.7 Å². The van der Waals surface area contributed by atoms with Crippen molar-refractivity contribution in [2.75, 3.05) is 0 Å². The van der Waals surface area contributed by atoms with Crippen LogP contribution in [0.4, 0.5) is 0 Å². The van der Waals surface area contributed by atoms with Gasteiger partial charge in [-0.05, 0) is 46.1 Å². The van der Waals surface area contributed by atoms with Gasteiger partial charge >= 0.3 is 59.1 Å². The molecule has 35 heavy (non-hydrogen) atoms. The number of benzene rings is 2. The van der Waals surface area contributed by atoms with Crippen molar-refractivity contribution < 1.29 is 78.9 Å². The first-order valence-electron chi connectivity index (χ1n) is 10.3. The van der Waals surface area contributed by atoms with Crippen LogP contribution in [0.5, 0.6) is 0 Å². The third kappa shape index (κ3) is 6.22. The van der Waals surface area contributed by atoms with E-state index in [1.807, 2.05) is 19.1 Å². The molecule has 0 saturated carbocycles. The number of para-hydroxylation sites is 1. The van der Waals surface area contributed by atoms with Gasteiger partial charge < -0.3 is 24.4 Å². The summed E-state index contributed by atoms with van der Waals surface area (Å²) in [5.41, 5.74) is 1.66. The molecule has 0 fully saturated rings. The smallest absolute Gasteiger partial charge is 0.545 e. The second-order valence-electron chi connectivity index (χ2n) is 7.50. The van der Waals surface area contributed by atoms with Crippen LogP contribution in [0.2, 0.25) is 5.15 Å². The van der Waals surface area contributed by atoms with E-state index in [1.165, 1.54) is 10.7 Å². The third-order valence-corrected chi connectivity index (χ3v) is 6.35. The van der Waals surface area contributed by atoms with Gasteiger partial charge in [0.15, 0.2) is 5.15 Å². The number of carbonyl (C=O) groups excluding carboxylic acids is 2. The quantitative estimate of drug-likeness (QED) is 0.204. The maximum Gasteiger partial charge on any atom is 1.00 e. The molecule has 4 aromatic rings. The first-order valence-corrected chi connectivity index (χ1v) is 11.4. The van der Waals surface area contributed by atoms with E-state index in [0.29, 0.717) is 28.1 Å². The maximum absolute atomic E-state index is 11.7. The molecule has 0 aliphatic carbocycles. The van der Waals surface area contributed by atoms with Crippen LogP contribution in [0, 0.1) is 0 Å². The summed E-state index contributed by atoms with van der Waals surface area (Å²) >= 11 is 9.62. The molecule has 4 rings (SSSR count). The van der Waals surface area contributed by atoms with E-state index in [2.05, 4.69) is 26.0 Å².